The molecule has 4 rings (SSSR count). The Morgan fingerprint density at radius 2 is 1.90 bits per heavy atom. The van der Waals surface area contributed by atoms with Crippen LogP contribution in [-0.4, -0.2) is 47.6 Å². The molecule has 1 unspecified atom stereocenters. The molecule has 2 aliphatic rings. The second-order valence-corrected chi connectivity index (χ2v) is 8.23. The van der Waals surface area contributed by atoms with E-state index in [1.165, 1.54) is 32.1 Å². The van der Waals surface area contributed by atoms with Gasteiger partial charge in [0.05, 0.1) is 6.54 Å². The number of rotatable bonds is 5. The van der Waals surface area contributed by atoms with Crippen molar-refractivity contribution in [3.63, 3.8) is 0 Å². The van der Waals surface area contributed by atoms with E-state index < -0.39 is 0 Å². The SMILES string of the molecule is CCc1nc2n(n1)CC(NC(=NCc1nnc(C)n1C)NC1CCCCC1)CC2. The summed E-state index contributed by atoms with van der Waals surface area (Å²) in [5, 5.41) is 20.4. The van der Waals surface area contributed by atoms with E-state index in [1.807, 2.05) is 18.5 Å². The molecular weight excluding hydrogens is 366 g/mol. The summed E-state index contributed by atoms with van der Waals surface area (Å²) < 4.78 is 4.06. The normalized spacial score (nSPS) is 20.5. The molecule has 1 saturated carbocycles. The van der Waals surface area contributed by atoms with Crippen molar-refractivity contribution in [1.82, 2.24) is 40.2 Å². The van der Waals surface area contributed by atoms with Crippen LogP contribution in [-0.2, 0) is 33.0 Å². The fraction of sp³-hybridized carbons (Fsp3) is 0.750. The fourth-order valence-corrected chi connectivity index (χ4v) is 4.13. The standard InChI is InChI=1S/C20H33N9/c1-4-17-24-18-11-10-16(13-29(18)27-17)23-20(22-15-8-6-5-7-9-15)21-12-19-26-25-14(2)28(19)3/h15-16H,4-13H2,1-3H3,(H2,21,22,23). The van der Waals surface area contributed by atoms with E-state index in [4.69, 9.17) is 4.99 Å². The maximum Gasteiger partial charge on any atom is 0.192 e. The molecule has 9 heteroatoms. The minimum atomic E-state index is 0.296. The number of aliphatic imine (C=N–C) groups is 1. The number of aromatic nitrogens is 6. The minimum Gasteiger partial charge on any atom is -0.354 e. The molecule has 1 atom stereocenters. The van der Waals surface area contributed by atoms with Crippen LogP contribution in [0, 0.1) is 6.92 Å². The number of aryl methyl sites for hydroxylation is 3. The van der Waals surface area contributed by atoms with Crippen molar-refractivity contribution in [1.29, 1.82) is 0 Å². The van der Waals surface area contributed by atoms with Gasteiger partial charge in [-0.25, -0.2) is 14.7 Å². The second kappa shape index (κ2) is 8.92. The molecule has 0 amide bonds. The topological polar surface area (TPSA) is 97.8 Å². The van der Waals surface area contributed by atoms with E-state index in [2.05, 4.69) is 42.5 Å². The van der Waals surface area contributed by atoms with Crippen LogP contribution < -0.4 is 10.6 Å². The maximum absolute atomic E-state index is 4.86. The Bertz CT molecular complexity index is 844. The van der Waals surface area contributed by atoms with E-state index in [1.54, 1.807) is 0 Å². The average molecular weight is 400 g/mol. The third-order valence-corrected chi connectivity index (χ3v) is 6.07. The highest BCUT2D eigenvalue weighted by molar-refractivity contribution is 5.80. The smallest absolute Gasteiger partial charge is 0.192 e. The predicted octanol–water partition coefficient (Wildman–Crippen LogP) is 1.66. The lowest BCUT2D eigenvalue weighted by atomic mass is 9.96. The van der Waals surface area contributed by atoms with Crippen LogP contribution >= 0.6 is 0 Å². The molecule has 0 aromatic carbocycles. The molecule has 2 aromatic heterocycles. The quantitative estimate of drug-likeness (QED) is 0.586. The molecule has 0 saturated heterocycles. The van der Waals surface area contributed by atoms with Crippen molar-refractivity contribution in [3.8, 4) is 0 Å². The number of fused-ring (bicyclic) bond motifs is 1. The Morgan fingerprint density at radius 3 is 2.62 bits per heavy atom. The Labute approximate surface area is 172 Å². The summed E-state index contributed by atoms with van der Waals surface area (Å²) in [5.74, 6) is 4.70. The summed E-state index contributed by atoms with van der Waals surface area (Å²) in [6.45, 7) is 5.41. The lowest BCUT2D eigenvalue weighted by Gasteiger charge is -2.29. The minimum absolute atomic E-state index is 0.296. The van der Waals surface area contributed by atoms with Crippen molar-refractivity contribution in [3.05, 3.63) is 23.3 Å². The Morgan fingerprint density at radius 1 is 1.10 bits per heavy atom. The van der Waals surface area contributed by atoms with Gasteiger partial charge in [-0.15, -0.1) is 10.2 Å². The van der Waals surface area contributed by atoms with Gasteiger partial charge in [0.1, 0.15) is 18.2 Å². The zero-order valence-electron chi connectivity index (χ0n) is 17.9. The molecule has 1 fully saturated rings. The highest BCUT2D eigenvalue weighted by Crippen LogP contribution is 2.18. The molecule has 0 bridgehead atoms. The number of hydrogen-bond donors (Lipinski definition) is 2. The van der Waals surface area contributed by atoms with Gasteiger partial charge in [-0.3, -0.25) is 0 Å². The van der Waals surface area contributed by atoms with Crippen LogP contribution in [0.25, 0.3) is 0 Å². The van der Waals surface area contributed by atoms with Gasteiger partial charge < -0.3 is 15.2 Å². The Balaban J connectivity index is 1.45. The highest BCUT2D eigenvalue weighted by atomic mass is 15.4. The largest absolute Gasteiger partial charge is 0.354 e. The monoisotopic (exact) mass is 399 g/mol. The van der Waals surface area contributed by atoms with Crippen LogP contribution in [0.3, 0.4) is 0 Å². The molecule has 29 heavy (non-hydrogen) atoms. The third kappa shape index (κ3) is 4.76. The van der Waals surface area contributed by atoms with Crippen LogP contribution in [0.2, 0.25) is 0 Å². The molecule has 1 aliphatic heterocycles. The van der Waals surface area contributed by atoms with Gasteiger partial charge in [-0.05, 0) is 26.2 Å². The van der Waals surface area contributed by atoms with Gasteiger partial charge in [-0.1, -0.05) is 26.2 Å². The van der Waals surface area contributed by atoms with Gasteiger partial charge in [0.2, 0.25) is 0 Å². The van der Waals surface area contributed by atoms with Crippen LogP contribution in [0.1, 0.15) is 68.7 Å². The number of hydrogen-bond acceptors (Lipinski definition) is 5. The predicted molar refractivity (Wildman–Crippen MR) is 112 cm³/mol. The fourth-order valence-electron chi connectivity index (χ4n) is 4.13. The number of guanidine groups is 1. The summed E-state index contributed by atoms with van der Waals surface area (Å²) in [4.78, 5) is 9.48. The molecule has 1 aliphatic carbocycles. The maximum atomic E-state index is 4.86. The van der Waals surface area contributed by atoms with E-state index in [0.29, 0.717) is 18.6 Å². The van der Waals surface area contributed by atoms with E-state index >= 15 is 0 Å². The first-order valence-corrected chi connectivity index (χ1v) is 11.0. The third-order valence-electron chi connectivity index (χ3n) is 6.07. The van der Waals surface area contributed by atoms with E-state index in [0.717, 1.165) is 55.1 Å². The molecule has 2 aromatic rings. The van der Waals surface area contributed by atoms with Gasteiger partial charge in [-0.2, -0.15) is 5.10 Å². The average Bonchev–Trinajstić information content (AvgIpc) is 3.30. The summed E-state index contributed by atoms with van der Waals surface area (Å²) in [7, 11) is 1.99. The van der Waals surface area contributed by atoms with Crippen molar-refractivity contribution in [2.45, 2.75) is 90.4 Å². The first-order chi connectivity index (χ1) is 14.1. The summed E-state index contributed by atoms with van der Waals surface area (Å²) >= 11 is 0. The van der Waals surface area contributed by atoms with Gasteiger partial charge in [0.25, 0.3) is 0 Å². The zero-order chi connectivity index (χ0) is 20.2. The summed E-state index contributed by atoms with van der Waals surface area (Å²) in [5.41, 5.74) is 0. The lowest BCUT2D eigenvalue weighted by Crippen LogP contribution is -2.50. The number of nitrogens with zero attached hydrogens (tertiary/aromatic N) is 7. The summed E-state index contributed by atoms with van der Waals surface area (Å²) in [6, 6.07) is 0.790. The number of nitrogens with one attached hydrogen (secondary N) is 2. The van der Waals surface area contributed by atoms with Gasteiger partial charge >= 0.3 is 0 Å². The van der Waals surface area contributed by atoms with Gasteiger partial charge in [0, 0.05) is 32.0 Å². The van der Waals surface area contributed by atoms with Crippen molar-refractivity contribution in [2.75, 3.05) is 0 Å². The van der Waals surface area contributed by atoms with Crippen LogP contribution in [0.4, 0.5) is 0 Å². The molecule has 158 valence electrons. The van der Waals surface area contributed by atoms with Gasteiger partial charge in [0.15, 0.2) is 17.6 Å². The summed E-state index contributed by atoms with van der Waals surface area (Å²) in [6.07, 6.45) is 9.21. The van der Waals surface area contributed by atoms with Crippen molar-refractivity contribution >= 4 is 5.96 Å². The van der Waals surface area contributed by atoms with Crippen LogP contribution in [0.5, 0.6) is 0 Å². The molecule has 3 heterocycles. The molecule has 2 N–H and O–H groups in total. The molecule has 0 spiro atoms. The van der Waals surface area contributed by atoms with E-state index in [9.17, 15) is 0 Å². The molecular formula is C20H33N9. The van der Waals surface area contributed by atoms with Crippen molar-refractivity contribution in [2.24, 2.45) is 12.0 Å². The molecule has 9 nitrogen and oxygen atoms in total. The first kappa shape index (κ1) is 19.8. The van der Waals surface area contributed by atoms with E-state index in [-0.39, 0.29) is 0 Å². The lowest BCUT2D eigenvalue weighted by molar-refractivity contribution is 0.378. The Kier molecular flexibility index (Phi) is 6.10. The van der Waals surface area contributed by atoms with Crippen LogP contribution in [0.15, 0.2) is 4.99 Å². The first-order valence-electron chi connectivity index (χ1n) is 11.0. The highest BCUT2D eigenvalue weighted by Gasteiger charge is 2.23. The second-order valence-electron chi connectivity index (χ2n) is 8.23. The van der Waals surface area contributed by atoms with Crippen molar-refractivity contribution < 1.29 is 0 Å². The molecule has 0 radical (unpaired) electrons. The Hall–Kier alpha value is -2.45. The zero-order valence-corrected chi connectivity index (χ0v) is 17.9.